The van der Waals surface area contributed by atoms with Gasteiger partial charge in [-0.1, -0.05) is 48.0 Å². The number of fused-ring (bicyclic) bond motifs is 1. The van der Waals surface area contributed by atoms with Gasteiger partial charge in [-0.05, 0) is 55.2 Å². The van der Waals surface area contributed by atoms with Crippen LogP contribution in [-0.2, 0) is 0 Å². The smallest absolute Gasteiger partial charge is 0.170 e. The fraction of sp³-hybridized carbons (Fsp3) is 0.208. The van der Waals surface area contributed by atoms with Crippen molar-refractivity contribution in [3.8, 4) is 16.9 Å². The quantitative estimate of drug-likeness (QED) is 0.550. The van der Waals surface area contributed by atoms with Crippen molar-refractivity contribution in [1.29, 1.82) is 0 Å². The summed E-state index contributed by atoms with van der Waals surface area (Å²) in [6.07, 6.45) is 0.00835. The van der Waals surface area contributed by atoms with Crippen LogP contribution in [0.4, 0.5) is 4.39 Å². The molecule has 3 aromatic carbocycles. The fourth-order valence-corrected chi connectivity index (χ4v) is 3.81. The standard InChI is InChI=1S/C24H21FO2/c1-14-4-6-17(7-5-14)21-13-20(26)23-16(3)12-15(2)22(24(23)27-21)18-8-10-19(25)11-9-18/h4-12,21H,13H2,1-3H3. The van der Waals surface area contributed by atoms with Crippen LogP contribution in [0.2, 0.25) is 0 Å². The molecule has 0 N–H and O–H groups in total. The van der Waals surface area contributed by atoms with E-state index in [0.29, 0.717) is 17.7 Å². The third-order valence-corrected chi connectivity index (χ3v) is 5.17. The van der Waals surface area contributed by atoms with Crippen molar-refractivity contribution < 1.29 is 13.9 Å². The van der Waals surface area contributed by atoms with Gasteiger partial charge in [-0.2, -0.15) is 0 Å². The van der Waals surface area contributed by atoms with E-state index in [9.17, 15) is 9.18 Å². The van der Waals surface area contributed by atoms with Gasteiger partial charge in [0.1, 0.15) is 17.7 Å². The van der Waals surface area contributed by atoms with Crippen LogP contribution in [0.5, 0.6) is 5.75 Å². The van der Waals surface area contributed by atoms with Crippen LogP contribution in [0.3, 0.4) is 0 Å². The van der Waals surface area contributed by atoms with Gasteiger partial charge in [-0.3, -0.25) is 4.79 Å². The van der Waals surface area contributed by atoms with Crippen LogP contribution < -0.4 is 4.74 Å². The van der Waals surface area contributed by atoms with Crippen LogP contribution in [0.25, 0.3) is 11.1 Å². The van der Waals surface area contributed by atoms with Gasteiger partial charge in [0.05, 0.1) is 12.0 Å². The summed E-state index contributed by atoms with van der Waals surface area (Å²) in [4.78, 5) is 13.0. The molecule has 0 aromatic heterocycles. The van der Waals surface area contributed by atoms with Gasteiger partial charge in [-0.25, -0.2) is 4.39 Å². The number of benzene rings is 3. The maximum atomic E-state index is 13.4. The first kappa shape index (κ1) is 17.5. The normalized spacial score (nSPS) is 16.0. The second-order valence-electron chi connectivity index (χ2n) is 7.24. The van der Waals surface area contributed by atoms with E-state index in [1.54, 1.807) is 12.1 Å². The van der Waals surface area contributed by atoms with Crippen LogP contribution in [0.1, 0.15) is 45.1 Å². The van der Waals surface area contributed by atoms with Crippen molar-refractivity contribution in [2.24, 2.45) is 0 Å². The molecular weight excluding hydrogens is 339 g/mol. The first-order valence-electron chi connectivity index (χ1n) is 9.10. The molecule has 1 aliphatic heterocycles. The van der Waals surface area contributed by atoms with E-state index in [0.717, 1.165) is 27.8 Å². The van der Waals surface area contributed by atoms with E-state index in [1.807, 2.05) is 51.1 Å². The number of rotatable bonds is 2. The zero-order chi connectivity index (χ0) is 19.1. The van der Waals surface area contributed by atoms with Crippen molar-refractivity contribution in [2.75, 3.05) is 0 Å². The summed E-state index contributed by atoms with van der Waals surface area (Å²) < 4.78 is 19.8. The number of ether oxygens (including phenoxy) is 1. The first-order valence-corrected chi connectivity index (χ1v) is 9.10. The van der Waals surface area contributed by atoms with Crippen LogP contribution in [0.15, 0.2) is 54.6 Å². The first-order chi connectivity index (χ1) is 12.9. The molecule has 1 atom stereocenters. The number of ketones is 1. The molecule has 1 aliphatic rings. The summed E-state index contributed by atoms with van der Waals surface area (Å²) in [6.45, 7) is 5.97. The molecule has 0 saturated carbocycles. The second kappa shape index (κ2) is 6.66. The Morgan fingerprint density at radius 1 is 0.889 bits per heavy atom. The van der Waals surface area contributed by atoms with Gasteiger partial charge in [0.25, 0.3) is 0 Å². The highest BCUT2D eigenvalue weighted by Gasteiger charge is 2.32. The molecule has 0 bridgehead atoms. The number of hydrogen-bond acceptors (Lipinski definition) is 2. The Labute approximate surface area is 158 Å². The molecule has 3 heteroatoms. The number of halogens is 1. The fourth-order valence-electron chi connectivity index (χ4n) is 3.81. The molecule has 0 amide bonds. The summed E-state index contributed by atoms with van der Waals surface area (Å²) in [5.74, 6) is 0.413. The second-order valence-corrected chi connectivity index (χ2v) is 7.24. The zero-order valence-corrected chi connectivity index (χ0v) is 15.7. The van der Waals surface area contributed by atoms with E-state index < -0.39 is 0 Å². The minimum absolute atomic E-state index is 0.0858. The number of carbonyl (C=O) groups is 1. The van der Waals surface area contributed by atoms with Gasteiger partial charge in [-0.15, -0.1) is 0 Å². The lowest BCUT2D eigenvalue weighted by Crippen LogP contribution is -2.22. The lowest BCUT2D eigenvalue weighted by Gasteiger charge is -2.29. The van der Waals surface area contributed by atoms with Crippen molar-refractivity contribution in [3.63, 3.8) is 0 Å². The van der Waals surface area contributed by atoms with E-state index >= 15 is 0 Å². The predicted molar refractivity (Wildman–Crippen MR) is 105 cm³/mol. The summed E-state index contributed by atoms with van der Waals surface area (Å²) in [5.41, 5.74) is 6.44. The highest BCUT2D eigenvalue weighted by molar-refractivity contribution is 6.04. The maximum absolute atomic E-state index is 13.4. The van der Waals surface area contributed by atoms with Gasteiger partial charge in [0, 0.05) is 5.56 Å². The summed E-state index contributed by atoms with van der Waals surface area (Å²) in [6, 6.07) is 16.4. The molecule has 27 heavy (non-hydrogen) atoms. The Morgan fingerprint density at radius 3 is 2.19 bits per heavy atom. The van der Waals surface area contributed by atoms with Crippen molar-refractivity contribution in [3.05, 3.63) is 88.2 Å². The molecule has 0 aliphatic carbocycles. The van der Waals surface area contributed by atoms with Gasteiger partial charge < -0.3 is 4.74 Å². The summed E-state index contributed by atoms with van der Waals surface area (Å²) in [7, 11) is 0. The SMILES string of the molecule is Cc1ccc(C2CC(=O)c3c(C)cc(C)c(-c4ccc(F)cc4)c3O2)cc1. The Kier molecular flexibility index (Phi) is 4.31. The molecular formula is C24H21FO2. The molecule has 136 valence electrons. The summed E-state index contributed by atoms with van der Waals surface area (Å²) >= 11 is 0. The Morgan fingerprint density at radius 2 is 1.52 bits per heavy atom. The molecule has 1 unspecified atom stereocenters. The van der Waals surface area contributed by atoms with Crippen LogP contribution >= 0.6 is 0 Å². The minimum Gasteiger partial charge on any atom is -0.484 e. The molecule has 0 radical (unpaired) electrons. The molecule has 1 heterocycles. The van der Waals surface area contributed by atoms with Gasteiger partial charge in [0.15, 0.2) is 5.78 Å². The van der Waals surface area contributed by atoms with Crippen molar-refractivity contribution in [1.82, 2.24) is 0 Å². The summed E-state index contributed by atoms with van der Waals surface area (Å²) in [5, 5.41) is 0. The van der Waals surface area contributed by atoms with E-state index in [-0.39, 0.29) is 17.7 Å². The highest BCUT2D eigenvalue weighted by Crippen LogP contribution is 2.44. The molecule has 3 aromatic rings. The van der Waals surface area contributed by atoms with Crippen LogP contribution in [-0.4, -0.2) is 5.78 Å². The van der Waals surface area contributed by atoms with E-state index in [2.05, 4.69) is 0 Å². The monoisotopic (exact) mass is 360 g/mol. The topological polar surface area (TPSA) is 26.3 Å². The third kappa shape index (κ3) is 3.14. The number of hydrogen-bond donors (Lipinski definition) is 0. The molecule has 0 saturated heterocycles. The van der Waals surface area contributed by atoms with E-state index in [4.69, 9.17) is 4.74 Å². The zero-order valence-electron chi connectivity index (χ0n) is 15.7. The molecule has 2 nitrogen and oxygen atoms in total. The average Bonchev–Trinajstić information content (AvgIpc) is 2.63. The Hall–Kier alpha value is -2.94. The Bertz CT molecular complexity index is 1020. The lowest BCUT2D eigenvalue weighted by atomic mass is 9.87. The van der Waals surface area contributed by atoms with Gasteiger partial charge in [0.2, 0.25) is 0 Å². The van der Waals surface area contributed by atoms with E-state index in [1.165, 1.54) is 17.7 Å². The lowest BCUT2D eigenvalue weighted by molar-refractivity contribution is 0.0850. The van der Waals surface area contributed by atoms with Crippen LogP contribution in [0, 0.1) is 26.6 Å². The highest BCUT2D eigenvalue weighted by atomic mass is 19.1. The van der Waals surface area contributed by atoms with Crippen molar-refractivity contribution in [2.45, 2.75) is 33.3 Å². The number of Topliss-reactive ketones (excluding diaryl/α,β-unsaturated/α-hetero) is 1. The molecule has 4 rings (SSSR count). The average molecular weight is 360 g/mol. The van der Waals surface area contributed by atoms with Crippen molar-refractivity contribution >= 4 is 5.78 Å². The number of aryl methyl sites for hydroxylation is 3. The molecule has 0 spiro atoms. The Balaban J connectivity index is 1.87. The maximum Gasteiger partial charge on any atom is 0.170 e. The molecule has 0 fully saturated rings. The largest absolute Gasteiger partial charge is 0.484 e. The minimum atomic E-state index is -0.314. The van der Waals surface area contributed by atoms with Gasteiger partial charge >= 0.3 is 0 Å². The third-order valence-electron chi connectivity index (χ3n) is 5.17. The predicted octanol–water partition coefficient (Wildman–Crippen LogP) is 6.12. The number of carbonyl (C=O) groups excluding carboxylic acids is 1.